The average Bonchev–Trinajstić information content (AvgIpc) is 3.39. The van der Waals surface area contributed by atoms with E-state index in [-0.39, 0.29) is 0 Å². The molecule has 13 rings (SSSR count). The van der Waals surface area contributed by atoms with Gasteiger partial charge in [-0.05, 0) is 128 Å². The number of benzene rings is 11. The predicted octanol–water partition coefficient (Wildman–Crippen LogP) is 16.1. The third kappa shape index (κ3) is 6.10. The Labute approximate surface area is 380 Å². The molecule has 0 unspecified atom stereocenters. The number of nitriles is 1. The molecule has 1 heterocycles. The quantitative estimate of drug-likeness (QED) is 0.157. The molecule has 0 aliphatic rings. The molecule has 0 aliphatic carbocycles. The summed E-state index contributed by atoms with van der Waals surface area (Å²) in [6.45, 7) is 0. The maximum absolute atomic E-state index is 9.43. The fraction of sp³-hybridized carbons (Fsp3) is 0. The molecule has 0 amide bonds. The SMILES string of the molecule is N#Cc1ccc(-c2ccccc2-c2nc(-c3ccccc3)nc(-c3ccc(-c4cccc(-c5cc6ccc7cccc8c9cccc%10ccc%11cccc(c(c5)c6c78)c%11c%109)c4)cc3)n2)cc1. The highest BCUT2D eigenvalue weighted by molar-refractivity contribution is 6.37. The molecule has 0 radical (unpaired) electrons. The summed E-state index contributed by atoms with van der Waals surface area (Å²) in [7, 11) is 0. The standard InChI is InChI=1S/C62H36N4/c63-37-38-22-24-40(25-23-38)50-17-4-5-18-54(50)62-65-60(44-10-2-1-3-11-44)64-61(66-62)45-31-26-39(27-32-45)46-15-6-16-47(34-46)49-35-48-33-30-43-13-8-20-52-51-19-7-12-41-28-29-42-14-9-21-53(58(42)56(41)51)55(36-49)59(48)57(43)52/h1-36H. The minimum absolute atomic E-state index is 0.581. The van der Waals surface area contributed by atoms with Gasteiger partial charge in [0.25, 0.3) is 0 Å². The van der Waals surface area contributed by atoms with Crippen molar-refractivity contribution in [3.05, 3.63) is 224 Å². The van der Waals surface area contributed by atoms with Crippen molar-refractivity contribution in [2.45, 2.75) is 0 Å². The van der Waals surface area contributed by atoms with Gasteiger partial charge in [-0.3, -0.25) is 0 Å². The summed E-state index contributed by atoms with van der Waals surface area (Å²) < 4.78 is 0. The van der Waals surface area contributed by atoms with E-state index in [0.29, 0.717) is 23.0 Å². The maximum atomic E-state index is 9.43. The number of aromatic nitrogens is 3. The van der Waals surface area contributed by atoms with Gasteiger partial charge >= 0.3 is 0 Å². The molecule has 1 aromatic heterocycles. The molecule has 0 fully saturated rings. The van der Waals surface area contributed by atoms with E-state index < -0.39 is 0 Å². The summed E-state index contributed by atoms with van der Waals surface area (Å²) in [6, 6.07) is 79.6. The Bertz CT molecular complexity index is 4090. The highest BCUT2D eigenvalue weighted by atomic mass is 15.0. The number of rotatable bonds is 6. The van der Waals surface area contributed by atoms with Crippen molar-refractivity contribution < 1.29 is 0 Å². The van der Waals surface area contributed by atoms with Crippen molar-refractivity contribution in [3.8, 4) is 73.6 Å². The lowest BCUT2D eigenvalue weighted by molar-refractivity contribution is 1.07. The zero-order valence-corrected chi connectivity index (χ0v) is 35.6. The normalized spacial score (nSPS) is 11.6. The van der Waals surface area contributed by atoms with Gasteiger partial charge in [0.05, 0.1) is 11.6 Å². The molecular weight excluding hydrogens is 801 g/mol. The van der Waals surface area contributed by atoms with Crippen LogP contribution in [0.2, 0.25) is 0 Å². The molecule has 13 aromatic rings. The molecule has 4 nitrogen and oxygen atoms in total. The van der Waals surface area contributed by atoms with Crippen LogP contribution in [-0.2, 0) is 0 Å². The fourth-order valence-electron chi connectivity index (χ4n) is 10.1. The van der Waals surface area contributed by atoms with E-state index in [9.17, 15) is 5.26 Å². The molecule has 12 aromatic carbocycles. The maximum Gasteiger partial charge on any atom is 0.164 e. The van der Waals surface area contributed by atoms with Gasteiger partial charge in [-0.25, -0.2) is 15.0 Å². The Morgan fingerprint density at radius 1 is 0.273 bits per heavy atom. The van der Waals surface area contributed by atoms with Crippen molar-refractivity contribution in [1.82, 2.24) is 15.0 Å². The fourth-order valence-corrected chi connectivity index (χ4v) is 10.1. The molecule has 0 aliphatic heterocycles. The second-order valence-corrected chi connectivity index (χ2v) is 17.0. The van der Waals surface area contributed by atoms with Crippen LogP contribution in [0.1, 0.15) is 5.56 Å². The number of hydrogen-bond acceptors (Lipinski definition) is 4. The summed E-state index contributed by atoms with van der Waals surface area (Å²) in [5.74, 6) is 1.77. The van der Waals surface area contributed by atoms with Gasteiger partial charge in [-0.1, -0.05) is 188 Å². The van der Waals surface area contributed by atoms with Crippen LogP contribution in [0.15, 0.2) is 218 Å². The Kier molecular flexibility index (Phi) is 8.56. The van der Waals surface area contributed by atoms with Crippen LogP contribution in [0.25, 0.3) is 132 Å². The third-order valence-corrected chi connectivity index (χ3v) is 13.3. The van der Waals surface area contributed by atoms with Gasteiger partial charge in [0.2, 0.25) is 0 Å². The van der Waals surface area contributed by atoms with Gasteiger partial charge in [0.1, 0.15) is 0 Å². The minimum Gasteiger partial charge on any atom is -0.208 e. The van der Waals surface area contributed by atoms with Crippen molar-refractivity contribution in [2.24, 2.45) is 0 Å². The van der Waals surface area contributed by atoms with Crippen LogP contribution in [0.3, 0.4) is 0 Å². The Morgan fingerprint density at radius 3 is 1.35 bits per heavy atom. The molecule has 0 N–H and O–H groups in total. The number of hydrogen-bond donors (Lipinski definition) is 0. The molecule has 0 atom stereocenters. The van der Waals surface area contributed by atoms with Crippen molar-refractivity contribution in [3.63, 3.8) is 0 Å². The first-order chi connectivity index (χ1) is 32.6. The average molecular weight is 837 g/mol. The molecular formula is C62H36N4. The summed E-state index contributed by atoms with van der Waals surface area (Å²) in [5.41, 5.74) is 9.83. The second kappa shape index (κ2) is 15.1. The van der Waals surface area contributed by atoms with Gasteiger partial charge in [0.15, 0.2) is 17.5 Å². The Balaban J connectivity index is 0.931. The van der Waals surface area contributed by atoms with E-state index in [1.54, 1.807) is 0 Å². The highest BCUT2D eigenvalue weighted by Crippen LogP contribution is 2.45. The van der Waals surface area contributed by atoms with Crippen LogP contribution in [0.4, 0.5) is 0 Å². The van der Waals surface area contributed by atoms with Crippen molar-refractivity contribution in [1.29, 1.82) is 5.26 Å². The molecule has 0 spiro atoms. The monoisotopic (exact) mass is 836 g/mol. The zero-order chi connectivity index (χ0) is 43.7. The lowest BCUT2D eigenvalue weighted by atomic mass is 9.86. The van der Waals surface area contributed by atoms with E-state index in [1.807, 2.05) is 72.8 Å². The van der Waals surface area contributed by atoms with Gasteiger partial charge in [0, 0.05) is 16.7 Å². The Hall–Kier alpha value is -9.04. The van der Waals surface area contributed by atoms with E-state index in [1.165, 1.54) is 70.2 Å². The number of fused-ring (bicyclic) bond motifs is 2. The van der Waals surface area contributed by atoms with E-state index >= 15 is 0 Å². The van der Waals surface area contributed by atoms with Crippen LogP contribution >= 0.6 is 0 Å². The molecule has 304 valence electrons. The summed E-state index contributed by atoms with van der Waals surface area (Å²) in [4.78, 5) is 15.2. The van der Waals surface area contributed by atoms with Crippen molar-refractivity contribution in [2.75, 3.05) is 0 Å². The first-order valence-electron chi connectivity index (χ1n) is 22.2. The molecule has 66 heavy (non-hydrogen) atoms. The first-order valence-corrected chi connectivity index (χ1v) is 22.2. The topological polar surface area (TPSA) is 62.5 Å². The van der Waals surface area contributed by atoms with Gasteiger partial charge in [-0.2, -0.15) is 5.26 Å². The van der Waals surface area contributed by atoms with E-state index in [2.05, 4.69) is 152 Å². The third-order valence-electron chi connectivity index (χ3n) is 13.3. The van der Waals surface area contributed by atoms with E-state index in [0.717, 1.165) is 44.5 Å². The molecule has 0 saturated carbocycles. The van der Waals surface area contributed by atoms with Crippen molar-refractivity contribution >= 4 is 64.6 Å². The molecule has 0 saturated heterocycles. The summed E-state index contributed by atoms with van der Waals surface area (Å²) in [6.07, 6.45) is 0. The second-order valence-electron chi connectivity index (χ2n) is 17.0. The highest BCUT2D eigenvalue weighted by Gasteiger charge is 2.18. The van der Waals surface area contributed by atoms with Crippen LogP contribution in [0, 0.1) is 11.3 Å². The molecule has 4 heteroatoms. The Morgan fingerprint density at radius 2 is 0.727 bits per heavy atom. The van der Waals surface area contributed by atoms with E-state index in [4.69, 9.17) is 15.0 Å². The zero-order valence-electron chi connectivity index (χ0n) is 35.6. The smallest absolute Gasteiger partial charge is 0.164 e. The minimum atomic E-state index is 0.581. The van der Waals surface area contributed by atoms with Gasteiger partial charge < -0.3 is 0 Å². The summed E-state index contributed by atoms with van der Waals surface area (Å²) >= 11 is 0. The molecule has 0 bridgehead atoms. The summed E-state index contributed by atoms with van der Waals surface area (Å²) in [5, 5.41) is 24.7. The number of nitrogens with zero attached hydrogens (tertiary/aromatic N) is 4. The van der Waals surface area contributed by atoms with Gasteiger partial charge in [-0.15, -0.1) is 0 Å². The lowest BCUT2D eigenvalue weighted by Crippen LogP contribution is -2.01. The first kappa shape index (κ1) is 37.5. The van der Waals surface area contributed by atoms with Crippen LogP contribution < -0.4 is 0 Å². The predicted molar refractivity (Wildman–Crippen MR) is 273 cm³/mol. The largest absolute Gasteiger partial charge is 0.208 e. The van der Waals surface area contributed by atoms with Crippen LogP contribution in [0.5, 0.6) is 0 Å². The lowest BCUT2D eigenvalue weighted by Gasteiger charge is -2.17. The van der Waals surface area contributed by atoms with Crippen LogP contribution in [-0.4, -0.2) is 15.0 Å².